The largest absolute Gasteiger partial charge is 0.287 e. The van der Waals surface area contributed by atoms with E-state index in [1.54, 1.807) is 42.5 Å². The molecule has 0 spiro atoms. The van der Waals surface area contributed by atoms with Crippen molar-refractivity contribution < 1.29 is 4.79 Å². The SMILES string of the molecule is O=C(c1ccccc1)c1ccccccnnn1. The molecule has 0 bridgehead atoms. The third-order valence-corrected chi connectivity index (χ3v) is 2.21. The Labute approximate surface area is 105 Å². The molecule has 88 valence electrons. The lowest BCUT2D eigenvalue weighted by atomic mass is 10.1. The van der Waals surface area contributed by atoms with Crippen LogP contribution in [0.4, 0.5) is 0 Å². The van der Waals surface area contributed by atoms with E-state index in [0.717, 1.165) is 0 Å². The van der Waals surface area contributed by atoms with Gasteiger partial charge in [-0.3, -0.25) is 4.79 Å². The molecule has 2 aromatic rings. The molecule has 0 atom stereocenters. The molecule has 0 aliphatic heterocycles. The number of carbonyl (C=O) groups excluding carboxylic acids is 1. The Hall–Kier alpha value is -2.62. The van der Waals surface area contributed by atoms with Gasteiger partial charge in [0.15, 0.2) is 0 Å². The van der Waals surface area contributed by atoms with E-state index < -0.39 is 0 Å². The van der Waals surface area contributed by atoms with Gasteiger partial charge in [0.25, 0.3) is 0 Å². The molecule has 1 heterocycles. The van der Waals surface area contributed by atoms with Gasteiger partial charge in [-0.25, -0.2) is 0 Å². The zero-order chi connectivity index (χ0) is 12.6. The number of hydrogen-bond donors (Lipinski definition) is 0. The van der Waals surface area contributed by atoms with E-state index in [9.17, 15) is 4.79 Å². The number of carbonyl (C=O) groups is 1. The minimum Gasteiger partial charge on any atom is -0.287 e. The number of benzene rings is 1. The maximum atomic E-state index is 12.1. The summed E-state index contributed by atoms with van der Waals surface area (Å²) in [6.07, 6.45) is 1.50. The summed E-state index contributed by atoms with van der Waals surface area (Å²) in [5.74, 6) is -0.177. The fourth-order valence-electron chi connectivity index (χ4n) is 1.36. The first-order valence-electron chi connectivity index (χ1n) is 5.45. The molecular weight excluding hydrogens is 226 g/mol. The normalized spacial score (nSPS) is 9.33. The van der Waals surface area contributed by atoms with Gasteiger partial charge in [-0.15, -0.1) is 10.2 Å². The Morgan fingerprint density at radius 1 is 0.833 bits per heavy atom. The smallest absolute Gasteiger partial charge is 0.213 e. The third kappa shape index (κ3) is 3.18. The van der Waals surface area contributed by atoms with Crippen molar-refractivity contribution in [3.05, 3.63) is 78.1 Å². The van der Waals surface area contributed by atoms with Gasteiger partial charge in [-0.1, -0.05) is 48.5 Å². The summed E-state index contributed by atoms with van der Waals surface area (Å²) in [7, 11) is 0. The van der Waals surface area contributed by atoms with Crippen LogP contribution in [-0.2, 0) is 0 Å². The zero-order valence-electron chi connectivity index (χ0n) is 9.60. The minimum absolute atomic E-state index is 0.177. The van der Waals surface area contributed by atoms with Gasteiger partial charge in [0.05, 0.1) is 6.20 Å². The first kappa shape index (κ1) is 11.9. The number of aromatic nitrogens is 3. The summed E-state index contributed by atoms with van der Waals surface area (Å²) < 4.78 is 0. The Kier molecular flexibility index (Phi) is 4.08. The van der Waals surface area contributed by atoms with E-state index in [-0.39, 0.29) is 11.5 Å². The van der Waals surface area contributed by atoms with Gasteiger partial charge in [-0.05, 0) is 17.3 Å². The molecule has 18 heavy (non-hydrogen) atoms. The van der Waals surface area contributed by atoms with Crippen molar-refractivity contribution in [1.82, 2.24) is 15.4 Å². The van der Waals surface area contributed by atoms with Crippen molar-refractivity contribution in [3.63, 3.8) is 0 Å². The molecule has 0 saturated carbocycles. The Morgan fingerprint density at radius 3 is 2.33 bits per heavy atom. The van der Waals surface area contributed by atoms with Crippen LogP contribution in [0, 0.1) is 0 Å². The van der Waals surface area contributed by atoms with E-state index in [2.05, 4.69) is 15.4 Å². The van der Waals surface area contributed by atoms with Gasteiger partial charge in [0.2, 0.25) is 5.78 Å². The second-order valence-corrected chi connectivity index (χ2v) is 3.47. The van der Waals surface area contributed by atoms with Crippen LogP contribution in [0.3, 0.4) is 0 Å². The van der Waals surface area contributed by atoms with Gasteiger partial charge >= 0.3 is 0 Å². The summed E-state index contributed by atoms with van der Waals surface area (Å²) in [5.41, 5.74) is 0.831. The lowest BCUT2D eigenvalue weighted by Gasteiger charge is -1.96. The van der Waals surface area contributed by atoms with Crippen LogP contribution in [0.15, 0.2) is 66.9 Å². The monoisotopic (exact) mass is 237 g/mol. The van der Waals surface area contributed by atoms with Crippen molar-refractivity contribution >= 4 is 5.78 Å². The van der Waals surface area contributed by atoms with Crippen molar-refractivity contribution in [2.45, 2.75) is 0 Å². The molecule has 0 saturated heterocycles. The predicted octanol–water partition coefficient (Wildman–Crippen LogP) is 2.23. The van der Waals surface area contributed by atoms with E-state index in [1.165, 1.54) is 6.20 Å². The highest BCUT2D eigenvalue weighted by molar-refractivity contribution is 6.07. The molecule has 0 N–H and O–H groups in total. The molecule has 2 rings (SSSR count). The molecule has 1 aromatic heterocycles. The quantitative estimate of drug-likeness (QED) is 0.751. The Morgan fingerprint density at radius 2 is 1.50 bits per heavy atom. The van der Waals surface area contributed by atoms with Crippen LogP contribution in [0.1, 0.15) is 16.1 Å². The van der Waals surface area contributed by atoms with Crippen LogP contribution in [0.2, 0.25) is 0 Å². The van der Waals surface area contributed by atoms with Crippen LogP contribution < -0.4 is 0 Å². The second kappa shape index (κ2) is 6.20. The molecule has 0 radical (unpaired) electrons. The maximum absolute atomic E-state index is 12.1. The zero-order valence-corrected chi connectivity index (χ0v) is 9.60. The number of rotatable bonds is 2. The highest BCUT2D eigenvalue weighted by Gasteiger charge is 2.08. The van der Waals surface area contributed by atoms with Gasteiger partial charge in [0.1, 0.15) is 5.69 Å². The Balaban J connectivity index is 2.42. The lowest BCUT2D eigenvalue weighted by Crippen LogP contribution is -2.03. The summed E-state index contributed by atoms with van der Waals surface area (Å²) in [6.45, 7) is 0. The van der Waals surface area contributed by atoms with Crippen LogP contribution in [0.5, 0.6) is 0 Å². The first-order valence-corrected chi connectivity index (χ1v) is 5.45. The second-order valence-electron chi connectivity index (χ2n) is 3.47. The maximum Gasteiger partial charge on any atom is 0.213 e. The van der Waals surface area contributed by atoms with E-state index >= 15 is 0 Å². The molecule has 4 heteroatoms. The van der Waals surface area contributed by atoms with Crippen molar-refractivity contribution in [2.24, 2.45) is 0 Å². The fraction of sp³-hybridized carbons (Fsp3) is 0. The minimum atomic E-state index is -0.177. The molecule has 4 nitrogen and oxygen atoms in total. The standard InChI is InChI=1S/C14H11N3O/c18-14(12-8-4-3-5-9-12)13-10-6-1-2-7-11-15-17-16-13/h1-11H. The lowest BCUT2D eigenvalue weighted by molar-refractivity contribution is 0.103. The van der Waals surface area contributed by atoms with Gasteiger partial charge < -0.3 is 0 Å². The summed E-state index contributed by atoms with van der Waals surface area (Å²) in [4.78, 5) is 12.1. The molecule has 1 aromatic carbocycles. The number of nitrogens with zero attached hydrogens (tertiary/aromatic N) is 3. The summed E-state index contributed by atoms with van der Waals surface area (Å²) in [5, 5.41) is 11.1. The van der Waals surface area contributed by atoms with Crippen LogP contribution >= 0.6 is 0 Å². The average molecular weight is 237 g/mol. The van der Waals surface area contributed by atoms with Crippen molar-refractivity contribution in [3.8, 4) is 0 Å². The number of hydrogen-bond acceptors (Lipinski definition) is 4. The summed E-state index contributed by atoms with van der Waals surface area (Å²) in [6, 6.07) is 17.6. The van der Waals surface area contributed by atoms with Gasteiger partial charge in [0, 0.05) is 5.56 Å². The highest BCUT2D eigenvalue weighted by Crippen LogP contribution is 2.04. The van der Waals surface area contributed by atoms with Crippen molar-refractivity contribution in [2.75, 3.05) is 0 Å². The molecule has 0 unspecified atom stereocenters. The fourth-order valence-corrected chi connectivity index (χ4v) is 1.36. The molecule has 0 fully saturated rings. The topological polar surface area (TPSA) is 55.7 Å². The molecular formula is C14H11N3O. The van der Waals surface area contributed by atoms with Crippen LogP contribution in [-0.4, -0.2) is 21.2 Å². The third-order valence-electron chi connectivity index (χ3n) is 2.21. The van der Waals surface area contributed by atoms with Gasteiger partial charge in [-0.2, -0.15) is 0 Å². The highest BCUT2D eigenvalue weighted by atomic mass is 16.1. The number of ketones is 1. The summed E-state index contributed by atoms with van der Waals surface area (Å²) >= 11 is 0. The van der Waals surface area contributed by atoms with E-state index in [0.29, 0.717) is 5.56 Å². The van der Waals surface area contributed by atoms with E-state index in [1.807, 2.05) is 18.2 Å². The molecule has 0 aliphatic carbocycles. The predicted molar refractivity (Wildman–Crippen MR) is 67.3 cm³/mol. The first-order chi connectivity index (χ1) is 8.88. The molecule has 0 aliphatic rings. The Bertz CT molecular complexity index is 558. The van der Waals surface area contributed by atoms with Crippen molar-refractivity contribution in [1.29, 1.82) is 0 Å². The van der Waals surface area contributed by atoms with E-state index in [4.69, 9.17) is 0 Å². The molecule has 0 amide bonds. The average Bonchev–Trinajstić information content (AvgIpc) is 2.45. The van der Waals surface area contributed by atoms with Crippen LogP contribution in [0.25, 0.3) is 0 Å².